The molecule has 1 aromatic heterocycles. The summed E-state index contributed by atoms with van der Waals surface area (Å²) in [7, 11) is 1.53. The third-order valence-electron chi connectivity index (χ3n) is 3.62. The number of thioether (sulfide) groups is 1. The lowest BCUT2D eigenvalue weighted by Gasteiger charge is -2.24. The third-order valence-corrected chi connectivity index (χ3v) is 4.44. The van der Waals surface area contributed by atoms with Crippen molar-refractivity contribution in [2.24, 2.45) is 0 Å². The third kappa shape index (κ3) is 4.97. The number of nitrogens with one attached hydrogen (secondary N) is 2. The fourth-order valence-electron chi connectivity index (χ4n) is 2.33. The number of ether oxygens (including phenoxy) is 1. The van der Waals surface area contributed by atoms with Crippen LogP contribution in [0.5, 0.6) is 5.75 Å². The Hall–Kier alpha value is -3.08. The smallest absolute Gasteiger partial charge is 0.324 e. The number of urea groups is 1. The number of rotatable bonds is 7. The summed E-state index contributed by atoms with van der Waals surface area (Å²) in [5.74, 6) is 0.303. The molecule has 3 rings (SSSR count). The molecular weight excluding hydrogens is 374 g/mol. The molecule has 10 nitrogen and oxygen atoms in total. The van der Waals surface area contributed by atoms with Crippen LogP contribution in [0.3, 0.4) is 0 Å². The molecule has 1 saturated heterocycles. The van der Waals surface area contributed by atoms with Gasteiger partial charge in [0.15, 0.2) is 0 Å². The van der Waals surface area contributed by atoms with Crippen LogP contribution in [0.2, 0.25) is 0 Å². The van der Waals surface area contributed by atoms with Gasteiger partial charge in [-0.25, -0.2) is 4.79 Å². The molecule has 0 saturated carbocycles. The minimum atomic E-state index is -0.491. The van der Waals surface area contributed by atoms with E-state index in [4.69, 9.17) is 9.15 Å². The molecule has 1 aliphatic heterocycles. The van der Waals surface area contributed by atoms with Crippen LogP contribution >= 0.6 is 11.8 Å². The van der Waals surface area contributed by atoms with Gasteiger partial charge < -0.3 is 19.4 Å². The maximum absolute atomic E-state index is 12.1. The summed E-state index contributed by atoms with van der Waals surface area (Å²) in [5.41, 5.74) is 0.572. The lowest BCUT2D eigenvalue weighted by atomic mass is 10.3. The van der Waals surface area contributed by atoms with Crippen LogP contribution in [0.15, 0.2) is 33.9 Å². The minimum absolute atomic E-state index is 0.0678. The molecule has 1 fully saturated rings. The molecule has 11 heteroatoms. The van der Waals surface area contributed by atoms with Gasteiger partial charge in [0.1, 0.15) is 12.3 Å². The van der Waals surface area contributed by atoms with Gasteiger partial charge in [0, 0.05) is 13.0 Å². The first kappa shape index (κ1) is 18.7. The summed E-state index contributed by atoms with van der Waals surface area (Å²) in [4.78, 5) is 36.3. The molecule has 2 N–H and O–H groups in total. The number of carbonyl (C=O) groups is 3. The molecule has 142 valence electrons. The quantitative estimate of drug-likeness (QED) is 0.675. The zero-order valence-electron chi connectivity index (χ0n) is 14.4. The van der Waals surface area contributed by atoms with Crippen LogP contribution in [0.1, 0.15) is 12.3 Å². The van der Waals surface area contributed by atoms with Crippen molar-refractivity contribution in [3.63, 3.8) is 0 Å². The van der Waals surface area contributed by atoms with Crippen molar-refractivity contribution in [2.45, 2.75) is 18.2 Å². The van der Waals surface area contributed by atoms with Crippen molar-refractivity contribution in [1.29, 1.82) is 0 Å². The number of carbonyl (C=O) groups excluding carboxylic acids is 3. The first-order valence-corrected chi connectivity index (χ1v) is 9.00. The van der Waals surface area contributed by atoms with E-state index < -0.39 is 6.03 Å². The second kappa shape index (κ2) is 8.54. The molecule has 27 heavy (non-hydrogen) atoms. The number of hydrogen-bond donors (Lipinski definition) is 2. The fraction of sp³-hybridized carbons (Fsp3) is 0.312. The lowest BCUT2D eigenvalue weighted by Crippen LogP contribution is -2.48. The molecule has 0 radical (unpaired) electrons. The Kier molecular flexibility index (Phi) is 5.91. The molecule has 2 heterocycles. The monoisotopic (exact) mass is 391 g/mol. The van der Waals surface area contributed by atoms with E-state index in [2.05, 4.69) is 20.8 Å². The Morgan fingerprint density at radius 3 is 2.96 bits per heavy atom. The van der Waals surface area contributed by atoms with Gasteiger partial charge in [-0.05, 0) is 12.1 Å². The number of imide groups is 1. The van der Waals surface area contributed by atoms with Crippen molar-refractivity contribution < 1.29 is 23.5 Å². The van der Waals surface area contributed by atoms with E-state index in [1.54, 1.807) is 18.2 Å². The van der Waals surface area contributed by atoms with E-state index >= 15 is 0 Å². The van der Waals surface area contributed by atoms with Crippen molar-refractivity contribution in [2.75, 3.05) is 24.7 Å². The molecular formula is C16H17N5O5S. The highest BCUT2D eigenvalue weighted by molar-refractivity contribution is 7.99. The number of hydrogen-bond acceptors (Lipinski definition) is 8. The maximum Gasteiger partial charge on any atom is 0.324 e. The Bertz CT molecular complexity index is 855. The van der Waals surface area contributed by atoms with Crippen molar-refractivity contribution in [1.82, 2.24) is 20.4 Å². The van der Waals surface area contributed by atoms with Gasteiger partial charge in [-0.15, -0.1) is 10.2 Å². The highest BCUT2D eigenvalue weighted by Crippen LogP contribution is 2.24. The molecule has 1 aliphatic rings. The minimum Gasteiger partial charge on any atom is -0.495 e. The molecule has 4 amide bonds. The Balaban J connectivity index is 1.50. The fourth-order valence-corrected chi connectivity index (χ4v) is 2.92. The van der Waals surface area contributed by atoms with Gasteiger partial charge in [0.25, 0.3) is 5.22 Å². The van der Waals surface area contributed by atoms with E-state index in [1.165, 1.54) is 12.0 Å². The summed E-state index contributed by atoms with van der Waals surface area (Å²) >= 11 is 1.08. The van der Waals surface area contributed by atoms with E-state index in [0.717, 1.165) is 11.8 Å². The van der Waals surface area contributed by atoms with Crippen LogP contribution in [0, 0.1) is 0 Å². The number of methoxy groups -OCH3 is 1. The van der Waals surface area contributed by atoms with E-state index in [9.17, 15) is 14.4 Å². The van der Waals surface area contributed by atoms with E-state index in [1.807, 2.05) is 6.07 Å². The average Bonchev–Trinajstić information content (AvgIpc) is 3.10. The molecule has 1 aromatic carbocycles. The zero-order valence-corrected chi connectivity index (χ0v) is 15.2. The van der Waals surface area contributed by atoms with Gasteiger partial charge in [0.05, 0.1) is 18.6 Å². The van der Waals surface area contributed by atoms with Crippen molar-refractivity contribution in [3.05, 3.63) is 30.2 Å². The number of para-hydroxylation sites is 2. The first-order valence-electron chi connectivity index (χ1n) is 8.02. The van der Waals surface area contributed by atoms with Crippen molar-refractivity contribution in [3.8, 4) is 5.75 Å². The van der Waals surface area contributed by atoms with Gasteiger partial charge in [0.2, 0.25) is 17.7 Å². The Morgan fingerprint density at radius 2 is 2.19 bits per heavy atom. The molecule has 0 bridgehead atoms. The average molecular weight is 391 g/mol. The first-order chi connectivity index (χ1) is 13.0. The SMILES string of the molecule is COc1ccccc1NC(=O)CSc1nnc(CN2CCC(=O)NC2=O)o1. The Labute approximate surface area is 158 Å². The summed E-state index contributed by atoms with van der Waals surface area (Å²) < 4.78 is 10.6. The van der Waals surface area contributed by atoms with Crippen LogP contribution < -0.4 is 15.4 Å². The van der Waals surface area contributed by atoms with Crippen LogP contribution in [0.25, 0.3) is 0 Å². The Morgan fingerprint density at radius 1 is 1.37 bits per heavy atom. The predicted octanol–water partition coefficient (Wildman–Crippen LogP) is 1.25. The molecule has 0 aliphatic carbocycles. The molecule has 0 atom stereocenters. The number of aromatic nitrogens is 2. The molecule has 0 unspecified atom stereocenters. The number of anilines is 1. The highest BCUT2D eigenvalue weighted by Gasteiger charge is 2.24. The van der Waals surface area contributed by atoms with Gasteiger partial charge in [-0.3, -0.25) is 14.9 Å². The van der Waals surface area contributed by atoms with Gasteiger partial charge in [-0.2, -0.15) is 0 Å². The number of amides is 4. The topological polar surface area (TPSA) is 127 Å². The van der Waals surface area contributed by atoms with Gasteiger partial charge >= 0.3 is 6.03 Å². The van der Waals surface area contributed by atoms with E-state index in [0.29, 0.717) is 11.4 Å². The van der Waals surface area contributed by atoms with Crippen LogP contribution in [-0.4, -0.2) is 52.4 Å². The van der Waals surface area contributed by atoms with Gasteiger partial charge in [-0.1, -0.05) is 23.9 Å². The summed E-state index contributed by atoms with van der Waals surface area (Å²) in [5, 5.41) is 12.9. The predicted molar refractivity (Wildman–Crippen MR) is 95.2 cm³/mol. The lowest BCUT2D eigenvalue weighted by molar-refractivity contribution is -0.121. The molecule has 2 aromatic rings. The largest absolute Gasteiger partial charge is 0.495 e. The zero-order chi connectivity index (χ0) is 19.2. The summed E-state index contributed by atoms with van der Waals surface area (Å²) in [6, 6.07) is 6.59. The maximum atomic E-state index is 12.1. The normalized spacial score (nSPS) is 14.0. The number of benzene rings is 1. The second-order valence-corrected chi connectivity index (χ2v) is 6.45. The highest BCUT2D eigenvalue weighted by atomic mass is 32.2. The van der Waals surface area contributed by atoms with Crippen LogP contribution in [-0.2, 0) is 16.1 Å². The second-order valence-electron chi connectivity index (χ2n) is 5.52. The molecule has 0 spiro atoms. The van der Waals surface area contributed by atoms with Crippen molar-refractivity contribution >= 4 is 35.3 Å². The standard InChI is InChI=1S/C16H17N5O5S/c1-25-11-5-3-2-4-10(11)17-13(23)9-27-16-20-19-14(26-16)8-21-7-6-12(22)18-15(21)24/h2-5H,6-9H2,1H3,(H,17,23)(H,18,22,24). The summed E-state index contributed by atoms with van der Waals surface area (Å²) in [6.07, 6.45) is 0.227. The number of nitrogens with zero attached hydrogens (tertiary/aromatic N) is 3. The summed E-state index contributed by atoms with van der Waals surface area (Å²) in [6.45, 7) is 0.386. The van der Waals surface area contributed by atoms with E-state index in [-0.39, 0.29) is 48.2 Å². The van der Waals surface area contributed by atoms with Crippen LogP contribution in [0.4, 0.5) is 10.5 Å².